The zero-order valence-corrected chi connectivity index (χ0v) is 22.5. The van der Waals surface area contributed by atoms with Crippen molar-refractivity contribution in [3.05, 3.63) is 70.3 Å². The number of hydrogen-bond donors (Lipinski definition) is 1. The van der Waals surface area contributed by atoms with Crippen LogP contribution in [0.2, 0.25) is 0 Å². The molecule has 0 unspecified atom stereocenters. The third-order valence-electron chi connectivity index (χ3n) is 5.94. The molecule has 0 amide bonds. The molecule has 0 aliphatic carbocycles. The molecule has 9 heteroatoms. The Morgan fingerprint density at radius 2 is 1.08 bits per heavy atom. The number of fused-ring (bicyclic) bond motifs is 1. The highest BCUT2D eigenvalue weighted by molar-refractivity contribution is 6.20. The molecule has 3 rings (SSSR count). The highest BCUT2D eigenvalue weighted by atomic mass is 16.5. The second kappa shape index (κ2) is 13.5. The monoisotopic (exact) mass is 536 g/mol. The lowest BCUT2D eigenvalue weighted by atomic mass is 9.81. The van der Waals surface area contributed by atoms with E-state index in [1.54, 1.807) is 39.8 Å². The standard InChI is InChI=1S/C30H32O9/c1-5-36-27(32)23-21(16-17-31)22(20-15-11-13-18-12-9-10-14-19(18)20)24(28(33)37-6-2)26(30(35)39-8-4)25(23)29(34)38-7-3/h9-15,31H,5-8,16-17H2,1-4H3. The van der Waals surface area contributed by atoms with Gasteiger partial charge in [0.15, 0.2) is 0 Å². The predicted molar refractivity (Wildman–Crippen MR) is 144 cm³/mol. The lowest BCUT2D eigenvalue weighted by Crippen LogP contribution is -2.27. The molecular weight excluding hydrogens is 504 g/mol. The second-order valence-corrected chi connectivity index (χ2v) is 8.24. The summed E-state index contributed by atoms with van der Waals surface area (Å²) in [7, 11) is 0. The van der Waals surface area contributed by atoms with E-state index in [1.165, 1.54) is 0 Å². The zero-order chi connectivity index (χ0) is 28.5. The zero-order valence-electron chi connectivity index (χ0n) is 22.5. The van der Waals surface area contributed by atoms with E-state index >= 15 is 0 Å². The van der Waals surface area contributed by atoms with Gasteiger partial charge in [0, 0.05) is 12.2 Å². The molecule has 0 spiro atoms. The van der Waals surface area contributed by atoms with Crippen molar-refractivity contribution in [2.75, 3.05) is 33.0 Å². The van der Waals surface area contributed by atoms with E-state index in [2.05, 4.69) is 0 Å². The molecule has 9 nitrogen and oxygen atoms in total. The van der Waals surface area contributed by atoms with Crippen molar-refractivity contribution < 1.29 is 43.2 Å². The highest BCUT2D eigenvalue weighted by Gasteiger charge is 2.38. The molecule has 1 N–H and O–H groups in total. The summed E-state index contributed by atoms with van der Waals surface area (Å²) in [5, 5.41) is 11.6. The van der Waals surface area contributed by atoms with Gasteiger partial charge in [0.05, 0.1) is 48.7 Å². The fourth-order valence-electron chi connectivity index (χ4n) is 4.55. The summed E-state index contributed by atoms with van der Waals surface area (Å²) in [6, 6.07) is 12.7. The maximum Gasteiger partial charge on any atom is 0.339 e. The van der Waals surface area contributed by atoms with Gasteiger partial charge in [0.25, 0.3) is 0 Å². The topological polar surface area (TPSA) is 125 Å². The SMILES string of the molecule is CCOC(=O)c1c(CCO)c(-c2cccc3ccccc23)c(C(=O)OCC)c(C(=O)OCC)c1C(=O)OCC. The number of carbonyl (C=O) groups excluding carboxylic acids is 4. The van der Waals surface area contributed by atoms with Gasteiger partial charge in [0.1, 0.15) is 0 Å². The van der Waals surface area contributed by atoms with E-state index in [0.717, 1.165) is 5.39 Å². The van der Waals surface area contributed by atoms with Crippen LogP contribution in [0.3, 0.4) is 0 Å². The number of esters is 4. The normalized spacial score (nSPS) is 10.7. The number of ether oxygens (including phenoxy) is 4. The predicted octanol–water partition coefficient (Wildman–Crippen LogP) is 4.75. The van der Waals surface area contributed by atoms with E-state index in [1.807, 2.05) is 30.3 Å². The van der Waals surface area contributed by atoms with Gasteiger partial charge in [-0.05, 0) is 56.0 Å². The van der Waals surface area contributed by atoms with Crippen LogP contribution in [0.15, 0.2) is 42.5 Å². The quantitative estimate of drug-likeness (QED) is 0.273. The average Bonchev–Trinajstić information content (AvgIpc) is 2.92. The molecule has 0 fully saturated rings. The molecule has 0 aromatic heterocycles. The molecule has 206 valence electrons. The molecule has 0 aliphatic heterocycles. The van der Waals surface area contributed by atoms with Crippen molar-refractivity contribution in [3.8, 4) is 11.1 Å². The fourth-order valence-corrected chi connectivity index (χ4v) is 4.55. The Kier molecular flexibility index (Phi) is 10.2. The first-order chi connectivity index (χ1) is 18.9. The fraction of sp³-hybridized carbons (Fsp3) is 0.333. The van der Waals surface area contributed by atoms with Crippen LogP contribution in [0, 0.1) is 0 Å². The van der Waals surface area contributed by atoms with Gasteiger partial charge in [0.2, 0.25) is 0 Å². The minimum absolute atomic E-state index is 0.0280. The molecular formula is C30H32O9. The molecule has 0 atom stereocenters. The first-order valence-electron chi connectivity index (χ1n) is 12.9. The Labute approximate surface area is 226 Å². The summed E-state index contributed by atoms with van der Waals surface area (Å²) in [6.07, 6.45) is -0.144. The summed E-state index contributed by atoms with van der Waals surface area (Å²) < 4.78 is 21.2. The number of carbonyl (C=O) groups is 4. The van der Waals surface area contributed by atoms with Crippen LogP contribution >= 0.6 is 0 Å². The van der Waals surface area contributed by atoms with E-state index < -0.39 is 41.6 Å². The van der Waals surface area contributed by atoms with E-state index in [4.69, 9.17) is 18.9 Å². The van der Waals surface area contributed by atoms with Gasteiger partial charge < -0.3 is 24.1 Å². The minimum Gasteiger partial charge on any atom is -0.462 e. The summed E-state index contributed by atoms with van der Waals surface area (Å²) >= 11 is 0. The Hall–Kier alpha value is -4.24. The maximum atomic E-state index is 13.6. The number of hydrogen-bond acceptors (Lipinski definition) is 9. The van der Waals surface area contributed by atoms with Crippen LogP contribution in [-0.4, -0.2) is 62.0 Å². The first kappa shape index (κ1) is 29.3. The molecule has 0 radical (unpaired) electrons. The third-order valence-corrected chi connectivity index (χ3v) is 5.94. The summed E-state index contributed by atoms with van der Waals surface area (Å²) in [6.45, 7) is 5.71. The van der Waals surface area contributed by atoms with Gasteiger partial charge >= 0.3 is 23.9 Å². The Bertz CT molecular complexity index is 1390. The lowest BCUT2D eigenvalue weighted by Gasteiger charge is -2.24. The maximum absolute atomic E-state index is 13.6. The van der Waals surface area contributed by atoms with Crippen LogP contribution in [0.1, 0.15) is 74.7 Å². The average molecular weight is 537 g/mol. The molecule has 3 aromatic rings. The molecule has 0 saturated heterocycles. The highest BCUT2D eigenvalue weighted by Crippen LogP contribution is 2.41. The summed E-state index contributed by atoms with van der Waals surface area (Å²) in [5.41, 5.74) is -0.656. The second-order valence-electron chi connectivity index (χ2n) is 8.24. The lowest BCUT2D eigenvalue weighted by molar-refractivity contribution is 0.0443. The van der Waals surface area contributed by atoms with Gasteiger partial charge in [-0.15, -0.1) is 0 Å². The third kappa shape index (κ3) is 5.93. The van der Waals surface area contributed by atoms with Gasteiger partial charge in [-0.1, -0.05) is 42.5 Å². The van der Waals surface area contributed by atoms with Crippen LogP contribution in [0.4, 0.5) is 0 Å². The molecule has 0 saturated carbocycles. The van der Waals surface area contributed by atoms with Crippen molar-refractivity contribution in [2.24, 2.45) is 0 Å². The Morgan fingerprint density at radius 1 is 0.615 bits per heavy atom. The smallest absolute Gasteiger partial charge is 0.339 e. The van der Waals surface area contributed by atoms with Crippen LogP contribution < -0.4 is 0 Å². The van der Waals surface area contributed by atoms with E-state index in [-0.39, 0.29) is 55.1 Å². The summed E-state index contributed by atoms with van der Waals surface area (Å²) in [4.78, 5) is 54.0. The van der Waals surface area contributed by atoms with E-state index in [0.29, 0.717) is 10.9 Å². The molecule has 3 aromatic carbocycles. The van der Waals surface area contributed by atoms with Crippen LogP contribution in [-0.2, 0) is 25.4 Å². The number of benzene rings is 3. The molecule has 0 heterocycles. The summed E-state index contributed by atoms with van der Waals surface area (Å²) in [5.74, 6) is -3.83. The Balaban J connectivity index is 2.71. The largest absolute Gasteiger partial charge is 0.462 e. The number of aliphatic hydroxyl groups is 1. The van der Waals surface area contributed by atoms with Crippen molar-refractivity contribution in [3.63, 3.8) is 0 Å². The number of rotatable bonds is 11. The number of aliphatic hydroxyl groups excluding tert-OH is 1. The van der Waals surface area contributed by atoms with Crippen LogP contribution in [0.25, 0.3) is 21.9 Å². The van der Waals surface area contributed by atoms with Crippen molar-refractivity contribution >= 4 is 34.6 Å². The van der Waals surface area contributed by atoms with Gasteiger partial charge in [-0.3, -0.25) is 0 Å². The minimum atomic E-state index is -1.02. The molecule has 0 bridgehead atoms. The van der Waals surface area contributed by atoms with Crippen molar-refractivity contribution in [2.45, 2.75) is 34.1 Å². The molecule has 39 heavy (non-hydrogen) atoms. The van der Waals surface area contributed by atoms with E-state index in [9.17, 15) is 24.3 Å². The van der Waals surface area contributed by atoms with Crippen molar-refractivity contribution in [1.29, 1.82) is 0 Å². The van der Waals surface area contributed by atoms with Gasteiger partial charge in [-0.2, -0.15) is 0 Å². The molecule has 0 aliphatic rings. The van der Waals surface area contributed by atoms with Crippen LogP contribution in [0.5, 0.6) is 0 Å². The van der Waals surface area contributed by atoms with Crippen molar-refractivity contribution in [1.82, 2.24) is 0 Å². The van der Waals surface area contributed by atoms with Gasteiger partial charge in [-0.25, -0.2) is 19.2 Å². The Morgan fingerprint density at radius 3 is 1.62 bits per heavy atom. The first-order valence-corrected chi connectivity index (χ1v) is 12.9.